The highest BCUT2D eigenvalue weighted by atomic mass is 79.9. The topological polar surface area (TPSA) is 20.3 Å². The minimum Gasteiger partial charge on any atom is -0.338 e. The van der Waals surface area contributed by atoms with Crippen LogP contribution in [-0.2, 0) is 11.3 Å². The van der Waals surface area contributed by atoms with Crippen LogP contribution in [0.2, 0.25) is 0 Å². The summed E-state index contributed by atoms with van der Waals surface area (Å²) in [6, 6.07) is 4.80. The Bertz CT molecular complexity index is 394. The van der Waals surface area contributed by atoms with Crippen LogP contribution in [0.4, 0.5) is 4.39 Å². The van der Waals surface area contributed by atoms with Crippen LogP contribution >= 0.6 is 15.9 Å². The third kappa shape index (κ3) is 2.37. The van der Waals surface area contributed by atoms with Gasteiger partial charge in [0.25, 0.3) is 0 Å². The van der Waals surface area contributed by atoms with E-state index in [0.717, 1.165) is 17.4 Å². The van der Waals surface area contributed by atoms with Crippen molar-refractivity contribution in [1.29, 1.82) is 0 Å². The molecule has 1 amide bonds. The maximum Gasteiger partial charge on any atom is 0.222 e. The van der Waals surface area contributed by atoms with Crippen LogP contribution in [0, 0.1) is 5.82 Å². The van der Waals surface area contributed by atoms with Gasteiger partial charge in [0.05, 0.1) is 0 Å². The van der Waals surface area contributed by atoms with Crippen LogP contribution < -0.4 is 0 Å². The number of hydrogen-bond donors (Lipinski definition) is 0. The minimum atomic E-state index is -0.252. The van der Waals surface area contributed by atoms with E-state index in [-0.39, 0.29) is 11.7 Å². The van der Waals surface area contributed by atoms with Gasteiger partial charge in [-0.2, -0.15) is 0 Å². The van der Waals surface area contributed by atoms with Crippen LogP contribution in [0.1, 0.15) is 18.4 Å². The van der Waals surface area contributed by atoms with Crippen molar-refractivity contribution in [1.82, 2.24) is 4.90 Å². The molecule has 80 valence electrons. The van der Waals surface area contributed by atoms with Gasteiger partial charge in [0.2, 0.25) is 5.91 Å². The van der Waals surface area contributed by atoms with Gasteiger partial charge in [-0.1, -0.05) is 15.9 Å². The average Bonchev–Trinajstić information content (AvgIpc) is 2.58. The molecule has 1 aromatic rings. The van der Waals surface area contributed by atoms with Crippen molar-refractivity contribution in [2.24, 2.45) is 0 Å². The van der Waals surface area contributed by atoms with Crippen LogP contribution in [0.25, 0.3) is 0 Å². The lowest BCUT2D eigenvalue weighted by Crippen LogP contribution is -2.24. The van der Waals surface area contributed by atoms with Crippen molar-refractivity contribution in [2.75, 3.05) is 6.54 Å². The first-order valence-corrected chi connectivity index (χ1v) is 5.68. The number of benzene rings is 1. The van der Waals surface area contributed by atoms with E-state index in [2.05, 4.69) is 15.9 Å². The Morgan fingerprint density at radius 2 is 2.27 bits per heavy atom. The maximum atomic E-state index is 13.4. The Morgan fingerprint density at radius 3 is 2.93 bits per heavy atom. The van der Waals surface area contributed by atoms with Gasteiger partial charge < -0.3 is 4.90 Å². The van der Waals surface area contributed by atoms with E-state index < -0.39 is 0 Å². The predicted octanol–water partition coefficient (Wildman–Crippen LogP) is 2.71. The van der Waals surface area contributed by atoms with E-state index in [1.807, 2.05) is 0 Å². The monoisotopic (exact) mass is 271 g/mol. The van der Waals surface area contributed by atoms with Gasteiger partial charge in [-0.25, -0.2) is 4.39 Å². The Hall–Kier alpha value is -0.900. The SMILES string of the molecule is O=C1CCCN1Cc1cc(Br)ccc1F. The van der Waals surface area contributed by atoms with E-state index >= 15 is 0 Å². The Morgan fingerprint density at radius 1 is 1.47 bits per heavy atom. The smallest absolute Gasteiger partial charge is 0.222 e. The molecule has 1 fully saturated rings. The summed E-state index contributed by atoms with van der Waals surface area (Å²) in [5.74, 6) is -0.132. The zero-order valence-electron chi connectivity index (χ0n) is 8.17. The quantitative estimate of drug-likeness (QED) is 0.810. The van der Waals surface area contributed by atoms with Gasteiger partial charge >= 0.3 is 0 Å². The van der Waals surface area contributed by atoms with Crippen LogP contribution in [0.15, 0.2) is 22.7 Å². The number of amides is 1. The predicted molar refractivity (Wildman–Crippen MR) is 58.8 cm³/mol. The summed E-state index contributed by atoms with van der Waals surface area (Å²) in [6.07, 6.45) is 1.48. The molecule has 0 atom stereocenters. The van der Waals surface area contributed by atoms with Crippen LogP contribution in [0.5, 0.6) is 0 Å². The lowest BCUT2D eigenvalue weighted by Gasteiger charge is -2.15. The summed E-state index contributed by atoms with van der Waals surface area (Å²) in [5, 5.41) is 0. The average molecular weight is 272 g/mol. The fourth-order valence-electron chi connectivity index (χ4n) is 1.74. The van der Waals surface area contributed by atoms with Crippen molar-refractivity contribution in [2.45, 2.75) is 19.4 Å². The summed E-state index contributed by atoms with van der Waals surface area (Å²) in [5.41, 5.74) is 0.569. The highest BCUT2D eigenvalue weighted by Crippen LogP contribution is 2.19. The van der Waals surface area contributed by atoms with Crippen molar-refractivity contribution in [3.63, 3.8) is 0 Å². The summed E-state index contributed by atoms with van der Waals surface area (Å²) >= 11 is 3.29. The molecule has 1 aromatic carbocycles. The fraction of sp³-hybridized carbons (Fsp3) is 0.364. The summed E-state index contributed by atoms with van der Waals surface area (Å²) in [6.45, 7) is 1.12. The molecule has 1 aliphatic heterocycles. The highest BCUT2D eigenvalue weighted by Gasteiger charge is 2.21. The molecular formula is C11H11BrFNO. The molecule has 0 unspecified atom stereocenters. The van der Waals surface area contributed by atoms with Crippen molar-refractivity contribution < 1.29 is 9.18 Å². The van der Waals surface area contributed by atoms with Crippen molar-refractivity contribution in [3.8, 4) is 0 Å². The highest BCUT2D eigenvalue weighted by molar-refractivity contribution is 9.10. The Labute approximate surface area is 96.2 Å². The molecule has 1 saturated heterocycles. The summed E-state index contributed by atoms with van der Waals surface area (Å²) in [7, 11) is 0. The van der Waals surface area contributed by atoms with Gasteiger partial charge in [0.15, 0.2) is 0 Å². The molecule has 4 heteroatoms. The van der Waals surface area contributed by atoms with E-state index in [1.54, 1.807) is 17.0 Å². The largest absolute Gasteiger partial charge is 0.338 e. The van der Waals surface area contributed by atoms with Gasteiger partial charge in [-0.15, -0.1) is 0 Å². The molecule has 1 heterocycles. The molecule has 15 heavy (non-hydrogen) atoms. The van der Waals surface area contributed by atoms with E-state index in [1.165, 1.54) is 6.07 Å². The molecule has 0 radical (unpaired) electrons. The van der Waals surface area contributed by atoms with Crippen LogP contribution in [0.3, 0.4) is 0 Å². The first-order valence-electron chi connectivity index (χ1n) is 4.88. The summed E-state index contributed by atoms with van der Waals surface area (Å²) < 4.78 is 14.2. The second-order valence-electron chi connectivity index (χ2n) is 3.65. The van der Waals surface area contributed by atoms with Crippen LogP contribution in [-0.4, -0.2) is 17.4 Å². The minimum absolute atomic E-state index is 0.120. The third-order valence-electron chi connectivity index (χ3n) is 2.54. The summed E-state index contributed by atoms with van der Waals surface area (Å²) in [4.78, 5) is 13.1. The zero-order valence-corrected chi connectivity index (χ0v) is 9.76. The van der Waals surface area contributed by atoms with Gasteiger partial charge in [-0.05, 0) is 24.6 Å². The molecule has 0 saturated carbocycles. The van der Waals surface area contributed by atoms with Gasteiger partial charge in [-0.3, -0.25) is 4.79 Å². The Balaban J connectivity index is 2.16. The third-order valence-corrected chi connectivity index (χ3v) is 3.03. The standard InChI is InChI=1S/C11H11BrFNO/c12-9-3-4-10(13)8(6-9)7-14-5-1-2-11(14)15/h3-4,6H,1-2,5,7H2. The number of carbonyl (C=O) groups is 1. The lowest BCUT2D eigenvalue weighted by molar-refractivity contribution is -0.128. The lowest BCUT2D eigenvalue weighted by atomic mass is 10.2. The molecule has 0 aliphatic carbocycles. The zero-order chi connectivity index (χ0) is 10.8. The van der Waals surface area contributed by atoms with Crippen molar-refractivity contribution in [3.05, 3.63) is 34.1 Å². The van der Waals surface area contributed by atoms with Crippen molar-refractivity contribution >= 4 is 21.8 Å². The second-order valence-corrected chi connectivity index (χ2v) is 4.57. The molecule has 2 rings (SSSR count). The molecular weight excluding hydrogens is 261 g/mol. The van der Waals surface area contributed by atoms with E-state index in [9.17, 15) is 9.18 Å². The number of hydrogen-bond acceptors (Lipinski definition) is 1. The molecule has 0 aromatic heterocycles. The van der Waals surface area contributed by atoms with E-state index in [4.69, 9.17) is 0 Å². The number of likely N-dealkylation sites (tertiary alicyclic amines) is 1. The number of halogens is 2. The van der Waals surface area contributed by atoms with Gasteiger partial charge in [0.1, 0.15) is 5.82 Å². The van der Waals surface area contributed by atoms with E-state index in [0.29, 0.717) is 18.5 Å². The molecule has 0 spiro atoms. The van der Waals surface area contributed by atoms with Gasteiger partial charge in [0, 0.05) is 29.5 Å². The molecule has 0 bridgehead atoms. The number of carbonyl (C=O) groups excluding carboxylic acids is 1. The molecule has 2 nitrogen and oxygen atoms in total. The fourth-order valence-corrected chi connectivity index (χ4v) is 2.15. The normalized spacial score (nSPS) is 16.1. The molecule has 1 aliphatic rings. The molecule has 0 N–H and O–H groups in total. The number of nitrogens with zero attached hydrogens (tertiary/aromatic N) is 1. The second kappa shape index (κ2) is 4.31. The Kier molecular flexibility index (Phi) is 3.05. The first kappa shape index (κ1) is 10.6. The maximum absolute atomic E-state index is 13.4. The number of rotatable bonds is 2. The first-order chi connectivity index (χ1) is 7.16.